The number of nitrogens with one attached hydrogen (secondary N) is 1. The summed E-state index contributed by atoms with van der Waals surface area (Å²) < 4.78 is 5.26. The van der Waals surface area contributed by atoms with Crippen LogP contribution in [0.5, 0.6) is 0 Å². The fourth-order valence-electron chi connectivity index (χ4n) is 1.76. The molecule has 0 aliphatic heterocycles. The van der Waals surface area contributed by atoms with E-state index >= 15 is 0 Å². The summed E-state index contributed by atoms with van der Waals surface area (Å²) in [6.07, 6.45) is 0.681. The molecule has 0 saturated heterocycles. The number of rotatable bonds is 5. The van der Waals surface area contributed by atoms with Crippen LogP contribution in [0.4, 0.5) is 0 Å². The lowest BCUT2D eigenvalue weighted by Crippen LogP contribution is -2.45. The number of hydrogen-bond donors (Lipinski definition) is 2. The predicted molar refractivity (Wildman–Crippen MR) is 66.5 cm³/mol. The van der Waals surface area contributed by atoms with E-state index in [1.165, 1.54) is 0 Å². The second-order valence-corrected chi connectivity index (χ2v) is 4.50. The van der Waals surface area contributed by atoms with Crippen molar-refractivity contribution in [3.05, 3.63) is 23.2 Å². The summed E-state index contributed by atoms with van der Waals surface area (Å²) in [5.74, 6) is -0.418. The maximum Gasteiger partial charge on any atom is 0.326 e. The maximum atomic E-state index is 12.0. The van der Waals surface area contributed by atoms with Crippen LogP contribution in [0.25, 0.3) is 0 Å². The molecule has 1 rings (SSSR count). The smallest absolute Gasteiger partial charge is 0.326 e. The van der Waals surface area contributed by atoms with Gasteiger partial charge in [-0.05, 0) is 25.8 Å². The van der Waals surface area contributed by atoms with Crippen LogP contribution in [-0.4, -0.2) is 23.0 Å². The first kappa shape index (κ1) is 14.3. The Bertz CT molecular complexity index is 450. The third-order valence-electron chi connectivity index (χ3n) is 3.05. The van der Waals surface area contributed by atoms with Crippen LogP contribution < -0.4 is 5.32 Å². The Kier molecular flexibility index (Phi) is 4.53. The van der Waals surface area contributed by atoms with Crippen molar-refractivity contribution in [3.8, 4) is 0 Å². The number of carboxylic acid groups (broad SMARTS) is 1. The van der Waals surface area contributed by atoms with E-state index in [0.717, 1.165) is 0 Å². The molecule has 2 atom stereocenters. The maximum absolute atomic E-state index is 12.0. The molecule has 1 heterocycles. The van der Waals surface area contributed by atoms with Crippen LogP contribution in [0.1, 0.15) is 42.1 Å². The number of carbonyl (C=O) groups excluding carboxylic acids is 1. The Morgan fingerprint density at radius 3 is 2.44 bits per heavy atom. The van der Waals surface area contributed by atoms with Gasteiger partial charge in [-0.15, -0.1) is 0 Å². The number of furan rings is 1. The molecular weight excluding hydrogens is 234 g/mol. The van der Waals surface area contributed by atoms with Crippen LogP contribution >= 0.6 is 0 Å². The molecule has 0 spiro atoms. The number of carbonyl (C=O) groups is 2. The molecule has 1 unspecified atom stereocenters. The van der Waals surface area contributed by atoms with Crippen LogP contribution in [0, 0.1) is 19.8 Å². The van der Waals surface area contributed by atoms with Gasteiger partial charge in [0, 0.05) is 0 Å². The fourth-order valence-corrected chi connectivity index (χ4v) is 1.76. The molecule has 0 saturated carbocycles. The summed E-state index contributed by atoms with van der Waals surface area (Å²) in [7, 11) is 0. The molecule has 1 amide bonds. The lowest BCUT2D eigenvalue weighted by molar-refractivity contribution is -0.140. The van der Waals surface area contributed by atoms with Crippen molar-refractivity contribution in [1.82, 2.24) is 5.32 Å². The number of aryl methyl sites for hydroxylation is 2. The van der Waals surface area contributed by atoms with Gasteiger partial charge in [0.1, 0.15) is 17.6 Å². The molecule has 1 aromatic rings. The average Bonchev–Trinajstić information content (AvgIpc) is 2.63. The lowest BCUT2D eigenvalue weighted by atomic mass is 9.99. The Balaban J connectivity index is 2.85. The normalized spacial score (nSPS) is 14.0. The van der Waals surface area contributed by atoms with E-state index in [4.69, 9.17) is 9.52 Å². The summed E-state index contributed by atoms with van der Waals surface area (Å²) in [6.45, 7) is 7.11. The van der Waals surface area contributed by atoms with E-state index in [-0.39, 0.29) is 5.92 Å². The van der Waals surface area contributed by atoms with Gasteiger partial charge in [0.2, 0.25) is 0 Å². The summed E-state index contributed by atoms with van der Waals surface area (Å²) >= 11 is 0. The van der Waals surface area contributed by atoms with Gasteiger partial charge in [-0.2, -0.15) is 0 Å². The molecule has 0 fully saturated rings. The summed E-state index contributed by atoms with van der Waals surface area (Å²) in [4.78, 5) is 23.1. The van der Waals surface area contributed by atoms with Crippen molar-refractivity contribution < 1.29 is 19.1 Å². The largest absolute Gasteiger partial charge is 0.480 e. The van der Waals surface area contributed by atoms with Crippen molar-refractivity contribution in [1.29, 1.82) is 0 Å². The topological polar surface area (TPSA) is 79.5 Å². The minimum atomic E-state index is -1.02. The minimum Gasteiger partial charge on any atom is -0.480 e. The highest BCUT2D eigenvalue weighted by Crippen LogP contribution is 2.15. The Labute approximate surface area is 106 Å². The third-order valence-corrected chi connectivity index (χ3v) is 3.05. The van der Waals surface area contributed by atoms with E-state index in [9.17, 15) is 9.59 Å². The number of carboxylic acids is 1. The molecule has 0 bridgehead atoms. The molecule has 0 aromatic carbocycles. The van der Waals surface area contributed by atoms with E-state index in [2.05, 4.69) is 5.32 Å². The number of amides is 1. The number of aliphatic carboxylic acids is 1. The van der Waals surface area contributed by atoms with Crippen molar-refractivity contribution in [3.63, 3.8) is 0 Å². The van der Waals surface area contributed by atoms with Gasteiger partial charge in [0.05, 0.1) is 5.56 Å². The fraction of sp³-hybridized carbons (Fsp3) is 0.538. The molecule has 2 N–H and O–H groups in total. The van der Waals surface area contributed by atoms with Gasteiger partial charge in [-0.1, -0.05) is 20.3 Å². The van der Waals surface area contributed by atoms with Crippen LogP contribution in [-0.2, 0) is 4.79 Å². The van der Waals surface area contributed by atoms with Crippen molar-refractivity contribution in [2.24, 2.45) is 5.92 Å². The molecule has 5 nitrogen and oxygen atoms in total. The highest BCUT2D eigenvalue weighted by Gasteiger charge is 2.26. The molecule has 0 radical (unpaired) electrons. The van der Waals surface area contributed by atoms with Gasteiger partial charge in [0.25, 0.3) is 5.91 Å². The third kappa shape index (κ3) is 3.12. The van der Waals surface area contributed by atoms with Gasteiger partial charge in [-0.3, -0.25) is 4.79 Å². The van der Waals surface area contributed by atoms with Gasteiger partial charge in [-0.25, -0.2) is 4.79 Å². The first-order valence-corrected chi connectivity index (χ1v) is 5.97. The molecule has 0 aliphatic rings. The highest BCUT2D eigenvalue weighted by molar-refractivity contribution is 5.97. The van der Waals surface area contributed by atoms with Crippen LogP contribution in [0.15, 0.2) is 10.5 Å². The highest BCUT2D eigenvalue weighted by atomic mass is 16.4. The van der Waals surface area contributed by atoms with Gasteiger partial charge in [0.15, 0.2) is 0 Å². The molecule has 0 aliphatic carbocycles. The first-order chi connectivity index (χ1) is 8.36. The summed E-state index contributed by atoms with van der Waals surface area (Å²) in [6, 6.07) is 0.734. The molecule has 1 aromatic heterocycles. The zero-order valence-electron chi connectivity index (χ0n) is 11.1. The van der Waals surface area contributed by atoms with E-state index in [1.54, 1.807) is 26.8 Å². The van der Waals surface area contributed by atoms with E-state index in [1.807, 2.05) is 6.92 Å². The Morgan fingerprint density at radius 1 is 1.44 bits per heavy atom. The average molecular weight is 253 g/mol. The summed E-state index contributed by atoms with van der Waals surface area (Å²) in [5, 5.41) is 11.6. The summed E-state index contributed by atoms with van der Waals surface area (Å²) in [5.41, 5.74) is 0.391. The zero-order chi connectivity index (χ0) is 13.9. The molecule has 18 heavy (non-hydrogen) atoms. The molecule has 5 heteroatoms. The standard InChI is InChI=1S/C13H19NO4/c1-5-7(2)11(13(16)17)14-12(15)10-6-8(3)18-9(10)4/h6-7,11H,5H2,1-4H3,(H,14,15)(H,16,17)/t7?,11-/m0/s1. The minimum absolute atomic E-state index is 0.125. The van der Waals surface area contributed by atoms with E-state index < -0.39 is 17.9 Å². The zero-order valence-corrected chi connectivity index (χ0v) is 11.1. The van der Waals surface area contributed by atoms with Crippen molar-refractivity contribution >= 4 is 11.9 Å². The lowest BCUT2D eigenvalue weighted by Gasteiger charge is -2.19. The Morgan fingerprint density at radius 2 is 2.06 bits per heavy atom. The molecular formula is C13H19NO4. The monoisotopic (exact) mass is 253 g/mol. The van der Waals surface area contributed by atoms with E-state index in [0.29, 0.717) is 23.5 Å². The second-order valence-electron chi connectivity index (χ2n) is 4.50. The van der Waals surface area contributed by atoms with Crippen LogP contribution in [0.3, 0.4) is 0 Å². The van der Waals surface area contributed by atoms with Crippen molar-refractivity contribution in [2.75, 3.05) is 0 Å². The van der Waals surface area contributed by atoms with Crippen molar-refractivity contribution in [2.45, 2.75) is 40.2 Å². The predicted octanol–water partition coefficient (Wildman–Crippen LogP) is 2.13. The van der Waals surface area contributed by atoms with Crippen LogP contribution in [0.2, 0.25) is 0 Å². The quantitative estimate of drug-likeness (QED) is 0.842. The second kappa shape index (κ2) is 5.71. The Hall–Kier alpha value is -1.78. The SMILES string of the molecule is CCC(C)[C@H](NC(=O)c1cc(C)oc1C)C(=O)O. The van der Waals surface area contributed by atoms with Gasteiger partial charge < -0.3 is 14.8 Å². The number of hydrogen-bond acceptors (Lipinski definition) is 3. The molecule has 100 valence electrons. The van der Waals surface area contributed by atoms with Gasteiger partial charge >= 0.3 is 5.97 Å². The first-order valence-electron chi connectivity index (χ1n) is 5.97.